The van der Waals surface area contributed by atoms with Crippen molar-refractivity contribution in [1.82, 2.24) is 9.97 Å². The van der Waals surface area contributed by atoms with E-state index in [1.54, 1.807) is 11.8 Å². The number of nitrogens with one attached hydrogen (secondary N) is 1. The van der Waals surface area contributed by atoms with E-state index in [4.69, 9.17) is 23.2 Å². The molecule has 20 heavy (non-hydrogen) atoms. The van der Waals surface area contributed by atoms with Crippen LogP contribution in [0.3, 0.4) is 0 Å². The van der Waals surface area contributed by atoms with Gasteiger partial charge in [0.05, 0.1) is 16.1 Å². The Balaban J connectivity index is 2.19. The second-order valence-electron chi connectivity index (χ2n) is 4.56. The van der Waals surface area contributed by atoms with Crippen LogP contribution in [0, 0.1) is 6.92 Å². The van der Waals surface area contributed by atoms with Gasteiger partial charge < -0.3 is 4.98 Å². The summed E-state index contributed by atoms with van der Waals surface area (Å²) in [4.78, 5) is 7.75. The highest BCUT2D eigenvalue weighted by atomic mass is 35.5. The predicted molar refractivity (Wildman–Crippen MR) is 88.1 cm³/mol. The molecule has 0 amide bonds. The molecular formula is C15H12Cl2N2S. The van der Waals surface area contributed by atoms with Crippen molar-refractivity contribution < 1.29 is 0 Å². The average molecular weight is 323 g/mol. The average Bonchev–Trinajstić information content (AvgIpc) is 2.83. The molecule has 5 heteroatoms. The summed E-state index contributed by atoms with van der Waals surface area (Å²) in [6.45, 7) is 1.98. The first-order valence-corrected chi connectivity index (χ1v) is 8.06. The topological polar surface area (TPSA) is 28.7 Å². The number of aromatic nitrogens is 2. The lowest BCUT2D eigenvalue weighted by atomic mass is 10.0. The van der Waals surface area contributed by atoms with Crippen LogP contribution in [0.5, 0.6) is 0 Å². The SMILES string of the molecule is CSc1nc2cc(-c3ccc(Cl)c(C)c3)c(Cl)cc2[nH]1. The molecule has 3 aromatic rings. The number of benzene rings is 2. The van der Waals surface area contributed by atoms with Crippen LogP contribution >= 0.6 is 35.0 Å². The molecule has 1 heterocycles. The lowest BCUT2D eigenvalue weighted by Gasteiger charge is -2.07. The van der Waals surface area contributed by atoms with Crippen molar-refractivity contribution in [1.29, 1.82) is 0 Å². The predicted octanol–water partition coefficient (Wildman–Crippen LogP) is 5.57. The maximum absolute atomic E-state index is 6.39. The summed E-state index contributed by atoms with van der Waals surface area (Å²) in [6.07, 6.45) is 1.99. The van der Waals surface area contributed by atoms with E-state index in [0.717, 1.165) is 37.9 Å². The van der Waals surface area contributed by atoms with Gasteiger partial charge in [0, 0.05) is 10.6 Å². The Kier molecular flexibility index (Phi) is 3.67. The Hall–Kier alpha value is -1.16. The van der Waals surface area contributed by atoms with Crippen molar-refractivity contribution in [3.8, 4) is 11.1 Å². The molecule has 0 fully saturated rings. The first-order chi connectivity index (χ1) is 9.58. The molecule has 1 N–H and O–H groups in total. The lowest BCUT2D eigenvalue weighted by molar-refractivity contribution is 1.09. The standard InChI is InChI=1S/C15H12Cl2N2S/c1-8-5-9(3-4-11(8)16)10-6-13-14(7-12(10)17)19-15(18-13)20-2/h3-7H,1-2H3,(H,18,19). The van der Waals surface area contributed by atoms with Gasteiger partial charge in [-0.25, -0.2) is 4.98 Å². The van der Waals surface area contributed by atoms with Gasteiger partial charge in [-0.1, -0.05) is 41.0 Å². The highest BCUT2D eigenvalue weighted by molar-refractivity contribution is 7.98. The first kappa shape index (κ1) is 13.8. The summed E-state index contributed by atoms with van der Waals surface area (Å²) in [6, 6.07) is 9.84. The molecule has 0 unspecified atom stereocenters. The van der Waals surface area contributed by atoms with Crippen LogP contribution in [-0.2, 0) is 0 Å². The van der Waals surface area contributed by atoms with Crippen LogP contribution in [0.25, 0.3) is 22.2 Å². The molecule has 102 valence electrons. The lowest BCUT2D eigenvalue weighted by Crippen LogP contribution is -1.83. The molecule has 0 saturated heterocycles. The van der Waals surface area contributed by atoms with Crippen LogP contribution in [0.4, 0.5) is 0 Å². The van der Waals surface area contributed by atoms with Gasteiger partial charge in [-0.3, -0.25) is 0 Å². The van der Waals surface area contributed by atoms with E-state index in [-0.39, 0.29) is 0 Å². The second-order valence-corrected chi connectivity index (χ2v) is 6.17. The number of nitrogens with zero attached hydrogens (tertiary/aromatic N) is 1. The Morgan fingerprint density at radius 2 is 1.90 bits per heavy atom. The van der Waals surface area contributed by atoms with Gasteiger partial charge in [-0.15, -0.1) is 0 Å². The monoisotopic (exact) mass is 322 g/mol. The molecule has 0 saturated carbocycles. The Bertz CT molecular complexity index is 796. The minimum Gasteiger partial charge on any atom is -0.333 e. The van der Waals surface area contributed by atoms with Gasteiger partial charge in [0.2, 0.25) is 0 Å². The van der Waals surface area contributed by atoms with Crippen LogP contribution in [-0.4, -0.2) is 16.2 Å². The molecule has 1 aromatic heterocycles. The number of hydrogen-bond acceptors (Lipinski definition) is 2. The van der Waals surface area contributed by atoms with E-state index in [1.807, 2.05) is 43.5 Å². The van der Waals surface area contributed by atoms with Crippen molar-refractivity contribution in [3.05, 3.63) is 45.9 Å². The van der Waals surface area contributed by atoms with E-state index < -0.39 is 0 Å². The van der Waals surface area contributed by atoms with E-state index in [9.17, 15) is 0 Å². The van der Waals surface area contributed by atoms with Crippen molar-refractivity contribution >= 4 is 46.0 Å². The van der Waals surface area contributed by atoms with Gasteiger partial charge in [-0.05, 0) is 48.6 Å². The molecule has 0 radical (unpaired) electrons. The van der Waals surface area contributed by atoms with Crippen molar-refractivity contribution in [2.75, 3.05) is 6.26 Å². The maximum atomic E-state index is 6.39. The minimum atomic E-state index is 0.704. The number of imidazole rings is 1. The Labute approximate surface area is 131 Å². The number of hydrogen-bond donors (Lipinski definition) is 1. The fourth-order valence-corrected chi connectivity index (χ4v) is 2.93. The van der Waals surface area contributed by atoms with E-state index >= 15 is 0 Å². The normalized spacial score (nSPS) is 11.2. The number of halogens is 2. The van der Waals surface area contributed by atoms with Crippen LogP contribution in [0.2, 0.25) is 10.0 Å². The van der Waals surface area contributed by atoms with Crippen LogP contribution < -0.4 is 0 Å². The Morgan fingerprint density at radius 3 is 2.60 bits per heavy atom. The molecule has 0 aliphatic rings. The van der Waals surface area contributed by atoms with Gasteiger partial charge >= 0.3 is 0 Å². The van der Waals surface area contributed by atoms with Gasteiger partial charge in [0.15, 0.2) is 5.16 Å². The van der Waals surface area contributed by atoms with Crippen molar-refractivity contribution in [3.63, 3.8) is 0 Å². The highest BCUT2D eigenvalue weighted by Crippen LogP contribution is 2.33. The van der Waals surface area contributed by atoms with Gasteiger partial charge in [0.25, 0.3) is 0 Å². The first-order valence-electron chi connectivity index (χ1n) is 6.08. The zero-order valence-electron chi connectivity index (χ0n) is 11.0. The second kappa shape index (κ2) is 5.32. The molecule has 0 aliphatic heterocycles. The fourth-order valence-electron chi connectivity index (χ4n) is 2.14. The van der Waals surface area contributed by atoms with E-state index in [2.05, 4.69) is 9.97 Å². The summed E-state index contributed by atoms with van der Waals surface area (Å²) in [5, 5.41) is 2.35. The molecule has 0 spiro atoms. The zero-order valence-corrected chi connectivity index (χ0v) is 13.3. The van der Waals surface area contributed by atoms with E-state index in [0.29, 0.717) is 5.02 Å². The molecule has 2 aromatic carbocycles. The van der Waals surface area contributed by atoms with Gasteiger partial charge in [0.1, 0.15) is 0 Å². The Morgan fingerprint density at radius 1 is 1.10 bits per heavy atom. The third kappa shape index (κ3) is 2.41. The fraction of sp³-hybridized carbons (Fsp3) is 0.133. The highest BCUT2D eigenvalue weighted by Gasteiger charge is 2.10. The van der Waals surface area contributed by atoms with Crippen LogP contribution in [0.15, 0.2) is 35.5 Å². The minimum absolute atomic E-state index is 0.704. The maximum Gasteiger partial charge on any atom is 0.166 e. The number of H-pyrrole nitrogens is 1. The quantitative estimate of drug-likeness (QED) is 0.625. The summed E-state index contributed by atoms with van der Waals surface area (Å²) in [7, 11) is 0. The molecular weight excluding hydrogens is 311 g/mol. The number of fused-ring (bicyclic) bond motifs is 1. The summed E-state index contributed by atoms with van der Waals surface area (Å²) < 4.78 is 0. The van der Waals surface area contributed by atoms with Crippen molar-refractivity contribution in [2.24, 2.45) is 0 Å². The molecule has 2 nitrogen and oxygen atoms in total. The number of thioether (sulfide) groups is 1. The summed E-state index contributed by atoms with van der Waals surface area (Å²) in [5.74, 6) is 0. The molecule has 0 bridgehead atoms. The molecule has 3 rings (SSSR count). The van der Waals surface area contributed by atoms with E-state index in [1.165, 1.54) is 0 Å². The number of aromatic amines is 1. The summed E-state index contributed by atoms with van der Waals surface area (Å²) in [5.41, 5.74) is 4.92. The largest absolute Gasteiger partial charge is 0.333 e. The third-order valence-corrected chi connectivity index (χ3v) is 4.53. The van der Waals surface area contributed by atoms with Crippen LogP contribution in [0.1, 0.15) is 5.56 Å². The van der Waals surface area contributed by atoms with Gasteiger partial charge in [-0.2, -0.15) is 0 Å². The number of aryl methyl sites for hydroxylation is 1. The molecule has 0 atom stereocenters. The third-order valence-electron chi connectivity index (χ3n) is 3.21. The smallest absolute Gasteiger partial charge is 0.166 e. The van der Waals surface area contributed by atoms with Crippen molar-refractivity contribution in [2.45, 2.75) is 12.1 Å². The number of rotatable bonds is 2. The molecule has 0 aliphatic carbocycles. The zero-order chi connectivity index (χ0) is 14.3. The summed E-state index contributed by atoms with van der Waals surface area (Å²) >= 11 is 14.0.